The molecule has 0 bridgehead atoms. The molecule has 0 radical (unpaired) electrons. The van der Waals surface area contributed by atoms with Crippen LogP contribution in [0.1, 0.15) is 18.9 Å². The Morgan fingerprint density at radius 2 is 1.78 bits per heavy atom. The number of hydrogen-bond acceptors (Lipinski definition) is 3. The van der Waals surface area contributed by atoms with Crippen molar-refractivity contribution in [1.29, 1.82) is 0 Å². The van der Waals surface area contributed by atoms with Gasteiger partial charge in [-0.2, -0.15) is 0 Å². The number of carbonyl (C=O) groups excluding carboxylic acids is 1. The summed E-state index contributed by atoms with van der Waals surface area (Å²) in [5, 5.41) is 2.85. The first-order valence-corrected chi connectivity index (χ1v) is 7.88. The summed E-state index contributed by atoms with van der Waals surface area (Å²) >= 11 is 0. The van der Waals surface area contributed by atoms with Gasteiger partial charge in [-0.1, -0.05) is 43.3 Å². The molecule has 0 aromatic heterocycles. The summed E-state index contributed by atoms with van der Waals surface area (Å²) < 4.78 is 11.4. The standard InChI is InChI=1S/C19H23NO3/c1-3-17(23-18-12-8-7-9-15(18)2)19(21)20-13-14-22-16-10-5-4-6-11-16/h4-12,17H,3,13-14H2,1-2H3,(H,20,21)/t17-/m1/s1. The van der Waals surface area contributed by atoms with E-state index in [2.05, 4.69) is 5.32 Å². The van der Waals surface area contributed by atoms with Crippen LogP contribution in [0.3, 0.4) is 0 Å². The maximum absolute atomic E-state index is 12.2. The zero-order chi connectivity index (χ0) is 16.5. The fourth-order valence-electron chi connectivity index (χ4n) is 2.14. The topological polar surface area (TPSA) is 47.6 Å². The average molecular weight is 313 g/mol. The van der Waals surface area contributed by atoms with Crippen LogP contribution in [0.4, 0.5) is 0 Å². The number of ether oxygens (including phenoxy) is 2. The van der Waals surface area contributed by atoms with Crippen LogP contribution < -0.4 is 14.8 Å². The summed E-state index contributed by atoms with van der Waals surface area (Å²) in [5.74, 6) is 1.42. The monoisotopic (exact) mass is 313 g/mol. The lowest BCUT2D eigenvalue weighted by Gasteiger charge is -2.18. The third kappa shape index (κ3) is 5.33. The highest BCUT2D eigenvalue weighted by molar-refractivity contribution is 5.81. The van der Waals surface area contributed by atoms with Crippen molar-refractivity contribution in [3.05, 3.63) is 60.2 Å². The fourth-order valence-corrected chi connectivity index (χ4v) is 2.14. The van der Waals surface area contributed by atoms with Crippen molar-refractivity contribution in [1.82, 2.24) is 5.32 Å². The summed E-state index contributed by atoms with van der Waals surface area (Å²) in [6, 6.07) is 17.2. The van der Waals surface area contributed by atoms with Crippen molar-refractivity contribution < 1.29 is 14.3 Å². The number of para-hydroxylation sites is 2. The molecule has 23 heavy (non-hydrogen) atoms. The van der Waals surface area contributed by atoms with Gasteiger partial charge < -0.3 is 14.8 Å². The molecule has 1 amide bonds. The van der Waals surface area contributed by atoms with Crippen molar-refractivity contribution in [2.24, 2.45) is 0 Å². The molecule has 122 valence electrons. The molecule has 2 aromatic carbocycles. The van der Waals surface area contributed by atoms with E-state index < -0.39 is 6.10 Å². The lowest BCUT2D eigenvalue weighted by Crippen LogP contribution is -2.39. The van der Waals surface area contributed by atoms with E-state index in [1.165, 1.54) is 0 Å². The number of benzene rings is 2. The Labute approximate surface area is 137 Å². The second-order valence-corrected chi connectivity index (χ2v) is 5.23. The number of aryl methyl sites for hydroxylation is 1. The van der Waals surface area contributed by atoms with Crippen LogP contribution in [0.25, 0.3) is 0 Å². The van der Waals surface area contributed by atoms with E-state index in [-0.39, 0.29) is 5.91 Å². The molecule has 1 atom stereocenters. The van der Waals surface area contributed by atoms with Gasteiger partial charge in [-0.25, -0.2) is 0 Å². The van der Waals surface area contributed by atoms with Crippen molar-refractivity contribution in [2.45, 2.75) is 26.4 Å². The van der Waals surface area contributed by atoms with Gasteiger partial charge in [0.1, 0.15) is 18.1 Å². The van der Waals surface area contributed by atoms with Crippen molar-refractivity contribution in [3.8, 4) is 11.5 Å². The molecule has 4 nitrogen and oxygen atoms in total. The van der Waals surface area contributed by atoms with E-state index in [0.29, 0.717) is 19.6 Å². The molecule has 0 aliphatic rings. The third-order valence-corrected chi connectivity index (χ3v) is 3.44. The highest BCUT2D eigenvalue weighted by Gasteiger charge is 2.18. The van der Waals surface area contributed by atoms with Gasteiger partial charge in [0, 0.05) is 0 Å². The maximum atomic E-state index is 12.2. The predicted octanol–water partition coefficient (Wildman–Crippen LogP) is 3.35. The second kappa shape index (κ2) is 8.83. The molecular formula is C19H23NO3. The molecule has 1 N–H and O–H groups in total. The zero-order valence-corrected chi connectivity index (χ0v) is 13.6. The maximum Gasteiger partial charge on any atom is 0.261 e. The molecule has 0 saturated carbocycles. The Balaban J connectivity index is 1.77. The highest BCUT2D eigenvalue weighted by Crippen LogP contribution is 2.18. The average Bonchev–Trinajstić information content (AvgIpc) is 2.59. The summed E-state index contributed by atoms with van der Waals surface area (Å²) in [6.07, 6.45) is 0.118. The van der Waals surface area contributed by atoms with Gasteiger partial charge in [0.2, 0.25) is 0 Å². The van der Waals surface area contributed by atoms with Crippen LogP contribution in [0, 0.1) is 6.92 Å². The normalized spacial score (nSPS) is 11.6. The minimum atomic E-state index is -0.493. The Morgan fingerprint density at radius 3 is 2.48 bits per heavy atom. The lowest BCUT2D eigenvalue weighted by atomic mass is 10.2. The molecule has 2 aromatic rings. The summed E-state index contributed by atoms with van der Waals surface area (Å²) in [4.78, 5) is 12.2. The van der Waals surface area contributed by atoms with E-state index in [9.17, 15) is 4.79 Å². The molecule has 0 fully saturated rings. The molecule has 0 aliphatic heterocycles. The Hall–Kier alpha value is -2.49. The zero-order valence-electron chi connectivity index (χ0n) is 13.6. The van der Waals surface area contributed by atoms with Gasteiger partial charge in [-0.15, -0.1) is 0 Å². The third-order valence-electron chi connectivity index (χ3n) is 3.44. The van der Waals surface area contributed by atoms with E-state index in [1.807, 2.05) is 68.4 Å². The van der Waals surface area contributed by atoms with Gasteiger partial charge in [0.05, 0.1) is 6.54 Å². The van der Waals surface area contributed by atoms with Gasteiger partial charge in [-0.3, -0.25) is 4.79 Å². The molecular weight excluding hydrogens is 290 g/mol. The van der Waals surface area contributed by atoms with Crippen molar-refractivity contribution in [3.63, 3.8) is 0 Å². The van der Waals surface area contributed by atoms with E-state index in [4.69, 9.17) is 9.47 Å². The minimum absolute atomic E-state index is 0.118. The van der Waals surface area contributed by atoms with Gasteiger partial charge in [0.15, 0.2) is 6.10 Å². The summed E-state index contributed by atoms with van der Waals surface area (Å²) in [5.41, 5.74) is 1.02. The summed E-state index contributed by atoms with van der Waals surface area (Å²) in [6.45, 7) is 4.77. The summed E-state index contributed by atoms with van der Waals surface area (Å²) in [7, 11) is 0. The van der Waals surface area contributed by atoms with E-state index >= 15 is 0 Å². The molecule has 0 saturated heterocycles. The SMILES string of the molecule is CC[C@@H](Oc1ccccc1C)C(=O)NCCOc1ccccc1. The van der Waals surface area contributed by atoms with Crippen molar-refractivity contribution >= 4 is 5.91 Å². The van der Waals surface area contributed by atoms with Gasteiger partial charge in [0.25, 0.3) is 5.91 Å². The number of carbonyl (C=O) groups is 1. The molecule has 0 heterocycles. The molecule has 2 rings (SSSR count). The number of nitrogens with one attached hydrogen (secondary N) is 1. The highest BCUT2D eigenvalue weighted by atomic mass is 16.5. The van der Waals surface area contributed by atoms with Crippen LogP contribution >= 0.6 is 0 Å². The van der Waals surface area contributed by atoms with Crippen LogP contribution in [0.5, 0.6) is 11.5 Å². The number of amides is 1. The smallest absolute Gasteiger partial charge is 0.261 e. The van der Waals surface area contributed by atoms with Crippen LogP contribution in [-0.2, 0) is 4.79 Å². The largest absolute Gasteiger partial charge is 0.492 e. The Morgan fingerprint density at radius 1 is 1.09 bits per heavy atom. The van der Waals surface area contributed by atoms with Crippen LogP contribution in [0.15, 0.2) is 54.6 Å². The number of hydrogen-bond donors (Lipinski definition) is 1. The van der Waals surface area contributed by atoms with Gasteiger partial charge in [-0.05, 0) is 37.1 Å². The Kier molecular flexibility index (Phi) is 6.48. The predicted molar refractivity (Wildman–Crippen MR) is 90.8 cm³/mol. The van der Waals surface area contributed by atoms with E-state index in [1.54, 1.807) is 0 Å². The second-order valence-electron chi connectivity index (χ2n) is 5.23. The first-order chi connectivity index (χ1) is 11.2. The molecule has 0 unspecified atom stereocenters. The van der Waals surface area contributed by atoms with Crippen LogP contribution in [-0.4, -0.2) is 25.2 Å². The minimum Gasteiger partial charge on any atom is -0.492 e. The molecule has 0 spiro atoms. The lowest BCUT2D eigenvalue weighted by molar-refractivity contribution is -0.128. The van der Waals surface area contributed by atoms with Gasteiger partial charge >= 0.3 is 0 Å². The first kappa shape index (κ1) is 16.9. The van der Waals surface area contributed by atoms with Crippen molar-refractivity contribution in [2.75, 3.05) is 13.2 Å². The Bertz CT molecular complexity index is 613. The quantitative estimate of drug-likeness (QED) is 0.760. The van der Waals surface area contributed by atoms with E-state index in [0.717, 1.165) is 17.1 Å². The number of rotatable bonds is 8. The molecule has 0 aliphatic carbocycles. The fraction of sp³-hybridized carbons (Fsp3) is 0.316. The first-order valence-electron chi connectivity index (χ1n) is 7.88. The van der Waals surface area contributed by atoms with Crippen LogP contribution in [0.2, 0.25) is 0 Å². The molecule has 4 heteroatoms.